The van der Waals surface area contributed by atoms with E-state index in [4.69, 9.17) is 4.74 Å². The number of benzene rings is 2. The van der Waals surface area contributed by atoms with E-state index in [1.54, 1.807) is 6.07 Å². The molecular formula is C28H30F2N8O4S. The normalized spacial score (nSPS) is 16.9. The molecule has 0 radical (unpaired) electrons. The third-order valence-electron chi connectivity index (χ3n) is 7.60. The second-order valence-electron chi connectivity index (χ2n) is 10.6. The van der Waals surface area contributed by atoms with Gasteiger partial charge < -0.3 is 25.2 Å². The number of carbonyl (C=O) groups is 1. The molecule has 2 fully saturated rings. The number of carbonyl (C=O) groups excluding carboxylic acids is 1. The number of halogens is 2. The first-order valence-electron chi connectivity index (χ1n) is 13.8. The molecule has 0 bridgehead atoms. The summed E-state index contributed by atoms with van der Waals surface area (Å²) < 4.78 is 59.2. The predicted octanol–water partition coefficient (Wildman–Crippen LogP) is 3.06. The number of nitrogens with zero attached hydrogens (tertiary/aromatic N) is 5. The Labute approximate surface area is 246 Å². The summed E-state index contributed by atoms with van der Waals surface area (Å²) in [6, 6.07) is 7.71. The summed E-state index contributed by atoms with van der Waals surface area (Å²) in [6.07, 6.45) is 2.55. The summed E-state index contributed by atoms with van der Waals surface area (Å²) in [7, 11) is -2.34. The van der Waals surface area contributed by atoms with Crippen molar-refractivity contribution < 1.29 is 26.7 Å². The fraction of sp³-hybridized carbons (Fsp3) is 0.357. The van der Waals surface area contributed by atoms with Gasteiger partial charge in [0, 0.05) is 62.9 Å². The maximum atomic E-state index is 13.8. The molecule has 2 aliphatic heterocycles. The molecule has 3 N–H and O–H groups in total. The van der Waals surface area contributed by atoms with Crippen molar-refractivity contribution in [2.45, 2.75) is 28.8 Å². The largest absolute Gasteiger partial charge is 0.381 e. The third-order valence-corrected chi connectivity index (χ3v) is 9.20. The number of H-pyrrole nitrogens is 1. The average molecular weight is 613 g/mol. The highest BCUT2D eigenvalue weighted by molar-refractivity contribution is 7.91. The molecule has 2 aromatic heterocycles. The van der Waals surface area contributed by atoms with Crippen molar-refractivity contribution in [2.75, 3.05) is 62.0 Å². The summed E-state index contributed by atoms with van der Waals surface area (Å²) in [5.74, 6) is -2.63. The predicted molar refractivity (Wildman–Crippen MR) is 155 cm³/mol. The van der Waals surface area contributed by atoms with Gasteiger partial charge in [0.25, 0.3) is 5.91 Å². The zero-order chi connectivity index (χ0) is 30.1. The van der Waals surface area contributed by atoms with Crippen LogP contribution in [0.1, 0.15) is 23.2 Å². The summed E-state index contributed by atoms with van der Waals surface area (Å²) >= 11 is 0. The van der Waals surface area contributed by atoms with Crippen LogP contribution in [0.25, 0.3) is 11.2 Å². The molecule has 0 atom stereocenters. The first-order valence-corrected chi connectivity index (χ1v) is 15.3. The number of nitrogens with one attached hydrogen (secondary N) is 3. The van der Waals surface area contributed by atoms with Crippen LogP contribution in [0.15, 0.2) is 52.5 Å². The molecule has 6 rings (SSSR count). The van der Waals surface area contributed by atoms with Crippen LogP contribution in [-0.4, -0.2) is 91.9 Å². The van der Waals surface area contributed by atoms with Crippen molar-refractivity contribution in [3.8, 4) is 0 Å². The molecule has 4 aromatic rings. The number of hydrogen-bond acceptors (Lipinski definition) is 10. The first-order chi connectivity index (χ1) is 20.7. The quantitative estimate of drug-likeness (QED) is 0.285. The molecule has 12 nitrogen and oxygen atoms in total. The number of rotatable bonds is 7. The Morgan fingerprint density at radius 3 is 2.49 bits per heavy atom. The summed E-state index contributed by atoms with van der Waals surface area (Å²) in [5.41, 5.74) is 2.11. The van der Waals surface area contributed by atoms with Gasteiger partial charge in [-0.25, -0.2) is 27.2 Å². The van der Waals surface area contributed by atoms with Crippen molar-refractivity contribution >= 4 is 44.1 Å². The van der Waals surface area contributed by atoms with Crippen molar-refractivity contribution in [3.05, 3.63) is 59.8 Å². The van der Waals surface area contributed by atoms with Gasteiger partial charge >= 0.3 is 0 Å². The molecule has 2 aromatic carbocycles. The maximum Gasteiger partial charge on any atom is 0.259 e. The van der Waals surface area contributed by atoms with E-state index in [0.29, 0.717) is 42.7 Å². The van der Waals surface area contributed by atoms with Crippen LogP contribution in [0.5, 0.6) is 0 Å². The molecule has 43 heavy (non-hydrogen) atoms. The lowest BCUT2D eigenvalue weighted by Crippen LogP contribution is -2.44. The average Bonchev–Trinajstić information content (AvgIpc) is 3.39. The van der Waals surface area contributed by atoms with Gasteiger partial charge in [-0.1, -0.05) is 0 Å². The minimum absolute atomic E-state index is 0.0284. The lowest BCUT2D eigenvalue weighted by Gasteiger charge is -2.34. The number of aromatic nitrogens is 4. The Bertz CT molecular complexity index is 1750. The smallest absolute Gasteiger partial charge is 0.259 e. The van der Waals surface area contributed by atoms with Crippen LogP contribution in [-0.2, 0) is 14.6 Å². The Morgan fingerprint density at radius 1 is 1.05 bits per heavy atom. The number of aromatic amines is 1. The molecule has 2 aliphatic rings. The molecule has 15 heteroatoms. The van der Waals surface area contributed by atoms with E-state index in [1.807, 2.05) is 12.1 Å². The Morgan fingerprint density at radius 2 is 1.77 bits per heavy atom. The van der Waals surface area contributed by atoms with Gasteiger partial charge in [-0.2, -0.15) is 5.10 Å². The number of likely N-dealkylation sites (N-methyl/N-ethyl adjacent to an activating group) is 1. The topological polar surface area (TPSA) is 145 Å². The number of anilines is 3. The van der Waals surface area contributed by atoms with Crippen LogP contribution in [0, 0.1) is 11.6 Å². The Kier molecular flexibility index (Phi) is 7.94. The standard InChI is InChI=1S/C28H30F2N8O4S/c1-37-6-8-38(9-7-37)20-2-3-22(23(15-20)32-19-4-10-42-11-5-19)28(39)34-27-25-26(35-36-27)31-16-24(33-25)43(40,41)21-13-17(29)12-18(30)14-21/h2-3,12-16,19,32H,4-11H2,1H3,(H2,31,34,35,36,39). The van der Waals surface area contributed by atoms with Crippen molar-refractivity contribution in [1.29, 1.82) is 0 Å². The van der Waals surface area contributed by atoms with Crippen LogP contribution >= 0.6 is 0 Å². The highest BCUT2D eigenvalue weighted by atomic mass is 32.2. The molecule has 1 amide bonds. The number of piperazine rings is 1. The Hall–Kier alpha value is -4.21. The minimum Gasteiger partial charge on any atom is -0.381 e. The van der Waals surface area contributed by atoms with Gasteiger partial charge in [0.05, 0.1) is 16.7 Å². The number of hydrogen-bond donors (Lipinski definition) is 3. The Balaban J connectivity index is 1.30. The molecular weight excluding hydrogens is 582 g/mol. The van der Waals surface area contributed by atoms with Gasteiger partial charge in [-0.15, -0.1) is 0 Å². The van der Waals surface area contributed by atoms with E-state index < -0.39 is 37.3 Å². The summed E-state index contributed by atoms with van der Waals surface area (Å²) in [6.45, 7) is 4.86. The number of amides is 1. The molecule has 0 aliphatic carbocycles. The van der Waals surface area contributed by atoms with Crippen LogP contribution in [0.3, 0.4) is 0 Å². The highest BCUT2D eigenvalue weighted by Crippen LogP contribution is 2.29. The van der Waals surface area contributed by atoms with E-state index in [-0.39, 0.29) is 23.0 Å². The van der Waals surface area contributed by atoms with E-state index in [2.05, 4.69) is 47.6 Å². The monoisotopic (exact) mass is 612 g/mol. The van der Waals surface area contributed by atoms with Crippen LogP contribution < -0.4 is 15.5 Å². The first kappa shape index (κ1) is 28.9. The zero-order valence-electron chi connectivity index (χ0n) is 23.3. The van der Waals surface area contributed by atoms with Crippen LogP contribution in [0.2, 0.25) is 0 Å². The fourth-order valence-corrected chi connectivity index (χ4v) is 6.33. The second-order valence-corrected chi connectivity index (χ2v) is 12.5. The molecule has 0 saturated carbocycles. The lowest BCUT2D eigenvalue weighted by atomic mass is 10.1. The fourth-order valence-electron chi connectivity index (χ4n) is 5.15. The minimum atomic E-state index is -4.43. The van der Waals surface area contributed by atoms with Gasteiger partial charge in [0.15, 0.2) is 22.0 Å². The van der Waals surface area contributed by atoms with Gasteiger partial charge in [-0.3, -0.25) is 9.89 Å². The molecule has 0 unspecified atom stereocenters. The molecule has 0 spiro atoms. The number of fused-ring (bicyclic) bond motifs is 1. The SMILES string of the molecule is CN1CCN(c2ccc(C(=O)Nc3n[nH]c4ncc(S(=O)(=O)c5cc(F)cc(F)c5)nc34)c(NC3CCOCC3)c2)CC1. The van der Waals surface area contributed by atoms with E-state index in [0.717, 1.165) is 50.9 Å². The van der Waals surface area contributed by atoms with E-state index in [1.165, 1.54) is 0 Å². The van der Waals surface area contributed by atoms with Crippen molar-refractivity contribution in [3.63, 3.8) is 0 Å². The number of ether oxygens (including phenoxy) is 1. The van der Waals surface area contributed by atoms with E-state index in [9.17, 15) is 22.0 Å². The maximum absolute atomic E-state index is 13.8. The molecule has 4 heterocycles. The van der Waals surface area contributed by atoms with Crippen molar-refractivity contribution in [1.82, 2.24) is 25.1 Å². The van der Waals surface area contributed by atoms with E-state index >= 15 is 0 Å². The highest BCUT2D eigenvalue weighted by Gasteiger charge is 2.25. The molecule has 2 saturated heterocycles. The van der Waals surface area contributed by atoms with Crippen LogP contribution in [0.4, 0.5) is 26.0 Å². The second kappa shape index (κ2) is 11.8. The van der Waals surface area contributed by atoms with Gasteiger partial charge in [0.2, 0.25) is 9.84 Å². The van der Waals surface area contributed by atoms with Crippen molar-refractivity contribution in [2.24, 2.45) is 0 Å². The zero-order valence-corrected chi connectivity index (χ0v) is 24.1. The molecule has 226 valence electrons. The lowest BCUT2D eigenvalue weighted by molar-refractivity contribution is 0.0904. The third kappa shape index (κ3) is 6.14. The number of sulfone groups is 1. The van der Waals surface area contributed by atoms with Gasteiger partial charge in [-0.05, 0) is 50.2 Å². The summed E-state index contributed by atoms with van der Waals surface area (Å²) in [4.78, 5) is 25.8. The summed E-state index contributed by atoms with van der Waals surface area (Å²) in [5, 5.41) is 12.4. The van der Waals surface area contributed by atoms with Gasteiger partial charge in [0.1, 0.15) is 11.6 Å².